The minimum atomic E-state index is -0.0858. The minimum absolute atomic E-state index is 0.0131. The Bertz CT molecular complexity index is 1540. The fourth-order valence-corrected chi connectivity index (χ4v) is 7.94. The van der Waals surface area contributed by atoms with Crippen LogP contribution in [-0.4, -0.2) is 40.9 Å². The Kier molecular flexibility index (Phi) is 6.68. The topological polar surface area (TPSA) is 162 Å². The van der Waals surface area contributed by atoms with Gasteiger partial charge in [-0.05, 0) is 131 Å². The molecular weight excluding hydrogens is 560 g/mol. The third-order valence-electron chi connectivity index (χ3n) is 10.3. The van der Waals surface area contributed by atoms with E-state index in [1.807, 2.05) is 0 Å². The molecule has 8 nitrogen and oxygen atoms in total. The van der Waals surface area contributed by atoms with E-state index < -0.39 is 0 Å². The highest BCUT2D eigenvalue weighted by Gasteiger charge is 2.34. The first-order chi connectivity index (χ1) is 21.0. The average molecular weight is 597 g/mol. The summed E-state index contributed by atoms with van der Waals surface area (Å²) in [6.45, 7) is 0. The zero-order valence-corrected chi connectivity index (χ0v) is 24.2. The molecule has 4 aromatic carbocycles. The van der Waals surface area contributed by atoms with E-state index in [9.17, 15) is 40.9 Å². The van der Waals surface area contributed by atoms with Gasteiger partial charge in [-0.15, -0.1) is 0 Å². The van der Waals surface area contributed by atoms with Gasteiger partial charge in [-0.3, -0.25) is 0 Å². The molecule has 0 spiro atoms. The number of hydrogen-bond acceptors (Lipinski definition) is 8. The summed E-state index contributed by atoms with van der Waals surface area (Å²) in [6.07, 6.45) is 4.57. The zero-order chi connectivity index (χ0) is 30.9. The summed E-state index contributed by atoms with van der Waals surface area (Å²) >= 11 is 0. The third-order valence-corrected chi connectivity index (χ3v) is 10.3. The van der Waals surface area contributed by atoms with Gasteiger partial charge >= 0.3 is 0 Å². The van der Waals surface area contributed by atoms with Crippen molar-refractivity contribution in [2.24, 2.45) is 0 Å². The highest BCUT2D eigenvalue weighted by Crippen LogP contribution is 2.52. The fourth-order valence-electron chi connectivity index (χ4n) is 7.94. The summed E-state index contributed by atoms with van der Waals surface area (Å²) < 4.78 is 0. The van der Waals surface area contributed by atoms with Gasteiger partial charge in [-0.1, -0.05) is 0 Å². The number of phenols is 8. The van der Waals surface area contributed by atoms with Crippen molar-refractivity contribution in [3.05, 3.63) is 93.0 Å². The highest BCUT2D eigenvalue weighted by molar-refractivity contribution is 5.56. The SMILES string of the molecule is Oc1cc(O)c2cc1Cc1cc(c(O)cc1O)C1CC[C@H](C1)c1cc(c(O)cc1O)Cc1cc(c(O)cc1O)C1CCC2C1. The Morgan fingerprint density at radius 2 is 0.545 bits per heavy atom. The van der Waals surface area contributed by atoms with Crippen LogP contribution in [0.4, 0.5) is 0 Å². The van der Waals surface area contributed by atoms with Gasteiger partial charge in [0.1, 0.15) is 46.0 Å². The van der Waals surface area contributed by atoms with Crippen LogP contribution in [0.1, 0.15) is 107 Å². The normalized spacial score (nSPS) is 22.5. The molecule has 12 bridgehead atoms. The molecule has 8 N–H and O–H groups in total. The predicted octanol–water partition coefficient (Wildman–Crippen LogP) is 6.93. The fraction of sp³-hybridized carbons (Fsp3) is 0.333. The Labute approximate surface area is 254 Å². The molecule has 3 aliphatic rings. The Balaban J connectivity index is 1.38. The van der Waals surface area contributed by atoms with Gasteiger partial charge in [0.05, 0.1) is 0 Å². The van der Waals surface area contributed by atoms with Gasteiger partial charge in [0.15, 0.2) is 0 Å². The van der Waals surface area contributed by atoms with Crippen LogP contribution in [0.2, 0.25) is 0 Å². The molecule has 0 heterocycles. The molecule has 4 aromatic rings. The molecule has 0 radical (unpaired) electrons. The number of phenolic OH excluding ortho intramolecular Hbond substituents is 8. The van der Waals surface area contributed by atoms with E-state index in [0.29, 0.717) is 57.3 Å². The molecule has 0 amide bonds. The van der Waals surface area contributed by atoms with Crippen molar-refractivity contribution in [1.82, 2.24) is 0 Å². The summed E-state index contributed by atoms with van der Waals surface area (Å²) in [4.78, 5) is 0. The molecule has 3 aliphatic carbocycles. The Morgan fingerprint density at radius 3 is 0.773 bits per heavy atom. The van der Waals surface area contributed by atoms with E-state index in [0.717, 1.165) is 25.7 Å². The van der Waals surface area contributed by atoms with Crippen molar-refractivity contribution in [2.45, 2.75) is 75.0 Å². The standard InChI is InChI=1S/C36H36O8/c37-29-13-33(41)25-9-21(29)7-23-11-27(35(43)15-31(23)39)19-3-4-20(6-19)28-12-24(32(40)16-36(28)44)8-22-10-26(34(42)14-30(22)38)18-2-1-17(25)5-18/h9-20,37-44H,1-8H2/t17-,18?,19?,20?/m1/s1. The Hall–Kier alpha value is -4.72. The lowest BCUT2D eigenvalue weighted by molar-refractivity contribution is 0.434. The van der Waals surface area contributed by atoms with Crippen LogP contribution in [0.3, 0.4) is 0 Å². The monoisotopic (exact) mass is 596 g/mol. The lowest BCUT2D eigenvalue weighted by Gasteiger charge is -2.20. The Morgan fingerprint density at radius 1 is 0.318 bits per heavy atom. The van der Waals surface area contributed by atoms with E-state index in [2.05, 4.69) is 0 Å². The van der Waals surface area contributed by atoms with E-state index in [-0.39, 0.29) is 82.5 Å². The average Bonchev–Trinajstić information content (AvgIpc) is 3.64. The van der Waals surface area contributed by atoms with Gasteiger partial charge in [-0.2, -0.15) is 0 Å². The van der Waals surface area contributed by atoms with Gasteiger partial charge in [0.2, 0.25) is 0 Å². The zero-order valence-electron chi connectivity index (χ0n) is 24.2. The number of aromatic hydroxyl groups is 8. The van der Waals surface area contributed by atoms with Gasteiger partial charge < -0.3 is 40.9 Å². The second kappa shape index (κ2) is 10.5. The van der Waals surface area contributed by atoms with E-state index in [1.54, 1.807) is 24.3 Å². The van der Waals surface area contributed by atoms with Gasteiger partial charge in [-0.25, -0.2) is 0 Å². The molecule has 2 saturated carbocycles. The van der Waals surface area contributed by atoms with Crippen molar-refractivity contribution in [3.63, 3.8) is 0 Å². The van der Waals surface area contributed by atoms with Crippen LogP contribution in [0.25, 0.3) is 0 Å². The third kappa shape index (κ3) is 4.78. The predicted molar refractivity (Wildman–Crippen MR) is 163 cm³/mol. The molecule has 8 heteroatoms. The summed E-state index contributed by atoms with van der Waals surface area (Å²) in [5.41, 5.74) is 4.93. The summed E-state index contributed by atoms with van der Waals surface area (Å²) in [7, 11) is 0. The first-order valence-electron chi connectivity index (χ1n) is 15.2. The minimum Gasteiger partial charge on any atom is -0.508 e. The van der Waals surface area contributed by atoms with Crippen molar-refractivity contribution in [3.8, 4) is 46.0 Å². The molecule has 0 saturated heterocycles. The second-order valence-corrected chi connectivity index (χ2v) is 12.9. The second-order valence-electron chi connectivity index (χ2n) is 12.9. The quantitative estimate of drug-likeness (QED) is 0.108. The molecule has 228 valence electrons. The van der Waals surface area contributed by atoms with Crippen LogP contribution in [0, 0.1) is 0 Å². The summed E-state index contributed by atoms with van der Waals surface area (Å²) in [5.74, 6) is -0.600. The van der Waals surface area contributed by atoms with Crippen LogP contribution in [0.15, 0.2) is 48.5 Å². The maximum absolute atomic E-state index is 10.9. The molecule has 7 rings (SSSR count). The number of hydrogen-bond donors (Lipinski definition) is 8. The van der Waals surface area contributed by atoms with E-state index >= 15 is 0 Å². The molecular formula is C36H36O8. The van der Waals surface area contributed by atoms with Crippen molar-refractivity contribution in [2.75, 3.05) is 0 Å². The number of fused-ring (bicyclic) bond motifs is 16. The lowest BCUT2D eigenvalue weighted by atomic mass is 9.87. The van der Waals surface area contributed by atoms with Gasteiger partial charge in [0.25, 0.3) is 0 Å². The van der Waals surface area contributed by atoms with Crippen molar-refractivity contribution >= 4 is 0 Å². The molecule has 0 aliphatic heterocycles. The first-order valence-corrected chi connectivity index (χ1v) is 15.2. The molecule has 4 atom stereocenters. The molecule has 44 heavy (non-hydrogen) atoms. The first kappa shape index (κ1) is 28.1. The van der Waals surface area contributed by atoms with E-state index in [1.165, 1.54) is 24.3 Å². The summed E-state index contributed by atoms with van der Waals surface area (Å²) in [6, 6.07) is 12.5. The molecule has 2 fully saturated rings. The maximum Gasteiger partial charge on any atom is 0.122 e. The number of rotatable bonds is 0. The van der Waals surface area contributed by atoms with Crippen LogP contribution >= 0.6 is 0 Å². The van der Waals surface area contributed by atoms with Crippen LogP contribution in [0.5, 0.6) is 46.0 Å². The maximum atomic E-state index is 10.9. The smallest absolute Gasteiger partial charge is 0.122 e. The van der Waals surface area contributed by atoms with Crippen LogP contribution < -0.4 is 0 Å². The highest BCUT2D eigenvalue weighted by atomic mass is 16.3. The van der Waals surface area contributed by atoms with E-state index in [4.69, 9.17) is 0 Å². The van der Waals surface area contributed by atoms with Crippen molar-refractivity contribution in [1.29, 1.82) is 0 Å². The van der Waals surface area contributed by atoms with Crippen molar-refractivity contribution < 1.29 is 40.9 Å². The number of benzene rings is 4. The molecule has 3 unspecified atom stereocenters. The van der Waals surface area contributed by atoms with Crippen LogP contribution in [-0.2, 0) is 12.8 Å². The van der Waals surface area contributed by atoms with Gasteiger partial charge in [0, 0.05) is 37.1 Å². The summed E-state index contributed by atoms with van der Waals surface area (Å²) in [5, 5.41) is 86.6. The largest absolute Gasteiger partial charge is 0.508 e. The lowest BCUT2D eigenvalue weighted by Crippen LogP contribution is -2.02. The molecule has 0 aromatic heterocycles.